The van der Waals surface area contributed by atoms with Gasteiger partial charge in [0.15, 0.2) is 6.10 Å². The Morgan fingerprint density at radius 2 is 2.15 bits per heavy atom. The molecule has 1 amide bonds. The summed E-state index contributed by atoms with van der Waals surface area (Å²) in [5, 5.41) is 3.39. The van der Waals surface area contributed by atoms with Crippen LogP contribution in [0, 0.1) is 0 Å². The van der Waals surface area contributed by atoms with Gasteiger partial charge < -0.3 is 15.0 Å². The molecule has 108 valence electrons. The molecule has 0 aromatic heterocycles. The van der Waals surface area contributed by atoms with Gasteiger partial charge in [-0.05, 0) is 44.0 Å². The van der Waals surface area contributed by atoms with Gasteiger partial charge in [-0.3, -0.25) is 4.79 Å². The zero-order valence-corrected chi connectivity index (χ0v) is 12.0. The number of nitrogens with one attached hydrogen (secondary N) is 1. The molecule has 0 radical (unpaired) electrons. The molecule has 1 aromatic rings. The minimum absolute atomic E-state index is 0.119. The third-order valence-electron chi connectivity index (χ3n) is 4.36. The van der Waals surface area contributed by atoms with E-state index in [4.69, 9.17) is 4.74 Å². The number of para-hydroxylation sites is 1. The molecule has 2 aliphatic rings. The van der Waals surface area contributed by atoms with Crippen molar-refractivity contribution in [1.29, 1.82) is 0 Å². The van der Waals surface area contributed by atoms with Crippen LogP contribution in [0.4, 0.5) is 0 Å². The van der Waals surface area contributed by atoms with Crippen LogP contribution in [0.1, 0.15) is 24.8 Å². The second-order valence-corrected chi connectivity index (χ2v) is 5.70. The third kappa shape index (κ3) is 2.66. The molecule has 1 N–H and O–H groups in total. The van der Waals surface area contributed by atoms with E-state index in [2.05, 4.69) is 5.32 Å². The van der Waals surface area contributed by atoms with Crippen molar-refractivity contribution in [1.82, 2.24) is 10.2 Å². The summed E-state index contributed by atoms with van der Waals surface area (Å²) in [6, 6.07) is 8.27. The van der Waals surface area contributed by atoms with E-state index >= 15 is 0 Å². The number of nitrogens with zero attached hydrogens (tertiary/aromatic N) is 1. The highest BCUT2D eigenvalue weighted by molar-refractivity contribution is 5.82. The molecule has 0 spiro atoms. The van der Waals surface area contributed by atoms with Gasteiger partial charge in [0.25, 0.3) is 5.91 Å². The van der Waals surface area contributed by atoms with E-state index in [1.807, 2.05) is 36.2 Å². The van der Waals surface area contributed by atoms with Gasteiger partial charge in [0, 0.05) is 19.5 Å². The van der Waals surface area contributed by atoms with E-state index in [-0.39, 0.29) is 12.0 Å². The Morgan fingerprint density at radius 1 is 1.30 bits per heavy atom. The Hall–Kier alpha value is -1.55. The van der Waals surface area contributed by atoms with Crippen LogP contribution in [0.25, 0.3) is 0 Å². The van der Waals surface area contributed by atoms with Crippen LogP contribution in [0.3, 0.4) is 0 Å². The van der Waals surface area contributed by atoms with Crippen molar-refractivity contribution in [3.05, 3.63) is 29.8 Å². The van der Waals surface area contributed by atoms with E-state index in [0.29, 0.717) is 12.5 Å². The molecular formula is C16H22N2O2. The summed E-state index contributed by atoms with van der Waals surface area (Å²) in [6.45, 7) is 2.05. The van der Waals surface area contributed by atoms with E-state index in [9.17, 15) is 4.79 Å². The van der Waals surface area contributed by atoms with Gasteiger partial charge in [0.2, 0.25) is 0 Å². The molecule has 1 aromatic carbocycles. The third-order valence-corrected chi connectivity index (χ3v) is 4.36. The monoisotopic (exact) mass is 274 g/mol. The normalized spacial score (nSPS) is 25.4. The SMILES string of the molecule is CN(C(=O)C1Cc2ccccc2O1)C1CCCNCC1. The number of amides is 1. The van der Waals surface area contributed by atoms with Gasteiger partial charge in [-0.2, -0.15) is 0 Å². The van der Waals surface area contributed by atoms with E-state index in [0.717, 1.165) is 43.7 Å². The van der Waals surface area contributed by atoms with Gasteiger partial charge in [-0.25, -0.2) is 0 Å². The molecule has 1 fully saturated rings. The molecule has 2 atom stereocenters. The second kappa shape index (κ2) is 5.83. The Morgan fingerprint density at radius 3 is 3.00 bits per heavy atom. The average molecular weight is 274 g/mol. The maximum Gasteiger partial charge on any atom is 0.263 e. The van der Waals surface area contributed by atoms with Crippen LogP contribution in [-0.4, -0.2) is 43.1 Å². The maximum absolute atomic E-state index is 12.6. The van der Waals surface area contributed by atoms with Crippen LogP contribution in [0.5, 0.6) is 5.75 Å². The summed E-state index contributed by atoms with van der Waals surface area (Å²) < 4.78 is 5.81. The van der Waals surface area contributed by atoms with Crippen LogP contribution < -0.4 is 10.1 Å². The lowest BCUT2D eigenvalue weighted by Crippen LogP contribution is -2.45. The van der Waals surface area contributed by atoms with Crippen molar-refractivity contribution in [3.63, 3.8) is 0 Å². The summed E-state index contributed by atoms with van der Waals surface area (Å²) in [7, 11) is 1.92. The van der Waals surface area contributed by atoms with Gasteiger partial charge in [0.05, 0.1) is 0 Å². The largest absolute Gasteiger partial charge is 0.480 e. The van der Waals surface area contributed by atoms with Crippen LogP contribution in [-0.2, 0) is 11.2 Å². The first kappa shape index (κ1) is 13.4. The Balaban J connectivity index is 1.64. The molecule has 20 heavy (non-hydrogen) atoms. The Bertz CT molecular complexity index is 456. The number of likely N-dealkylation sites (N-methyl/N-ethyl adjacent to an activating group) is 1. The second-order valence-electron chi connectivity index (χ2n) is 5.70. The standard InChI is InChI=1S/C16H22N2O2/c1-18(13-6-4-9-17-10-8-13)16(19)15-11-12-5-2-3-7-14(12)20-15/h2-3,5,7,13,15,17H,4,6,8-11H2,1H3. The predicted molar refractivity (Wildman–Crippen MR) is 77.8 cm³/mol. The van der Waals surface area contributed by atoms with Gasteiger partial charge in [0.1, 0.15) is 5.75 Å². The van der Waals surface area contributed by atoms with Gasteiger partial charge in [-0.15, -0.1) is 0 Å². The quantitative estimate of drug-likeness (QED) is 0.890. The number of rotatable bonds is 2. The van der Waals surface area contributed by atoms with Crippen molar-refractivity contribution in [3.8, 4) is 5.75 Å². The minimum Gasteiger partial charge on any atom is -0.480 e. The van der Waals surface area contributed by atoms with Gasteiger partial charge in [-0.1, -0.05) is 18.2 Å². The molecule has 1 saturated heterocycles. The molecule has 0 saturated carbocycles. The maximum atomic E-state index is 12.6. The molecule has 4 nitrogen and oxygen atoms in total. The topological polar surface area (TPSA) is 41.6 Å². The fourth-order valence-electron chi connectivity index (χ4n) is 3.11. The number of hydrogen-bond donors (Lipinski definition) is 1. The highest BCUT2D eigenvalue weighted by Gasteiger charge is 2.33. The average Bonchev–Trinajstić information content (AvgIpc) is 2.72. The lowest BCUT2D eigenvalue weighted by atomic mass is 10.1. The highest BCUT2D eigenvalue weighted by Crippen LogP contribution is 2.29. The highest BCUT2D eigenvalue weighted by atomic mass is 16.5. The molecule has 0 aliphatic carbocycles. The summed E-state index contributed by atoms with van der Waals surface area (Å²) in [5.41, 5.74) is 1.14. The van der Waals surface area contributed by atoms with E-state index < -0.39 is 0 Å². The first-order valence-electron chi connectivity index (χ1n) is 7.47. The summed E-state index contributed by atoms with van der Waals surface area (Å²) in [6.07, 6.45) is 3.60. The zero-order chi connectivity index (χ0) is 13.9. The smallest absolute Gasteiger partial charge is 0.263 e. The molecule has 2 unspecified atom stereocenters. The van der Waals surface area contributed by atoms with Crippen LogP contribution in [0.2, 0.25) is 0 Å². The predicted octanol–water partition coefficient (Wildman–Crippen LogP) is 1.59. The van der Waals surface area contributed by atoms with Crippen molar-refractivity contribution >= 4 is 5.91 Å². The summed E-state index contributed by atoms with van der Waals surface area (Å²) in [5.74, 6) is 0.981. The molecule has 0 bridgehead atoms. The van der Waals surface area contributed by atoms with Crippen molar-refractivity contribution in [2.45, 2.75) is 37.8 Å². The van der Waals surface area contributed by atoms with Crippen LogP contribution >= 0.6 is 0 Å². The minimum atomic E-state index is -0.339. The number of fused-ring (bicyclic) bond motifs is 1. The van der Waals surface area contributed by atoms with Crippen molar-refractivity contribution < 1.29 is 9.53 Å². The summed E-state index contributed by atoms with van der Waals surface area (Å²) in [4.78, 5) is 14.5. The first-order valence-corrected chi connectivity index (χ1v) is 7.47. The lowest BCUT2D eigenvalue weighted by molar-refractivity contribution is -0.138. The number of carbonyl (C=O) groups is 1. The fourth-order valence-corrected chi connectivity index (χ4v) is 3.11. The first-order chi connectivity index (χ1) is 9.75. The summed E-state index contributed by atoms with van der Waals surface area (Å²) >= 11 is 0. The number of benzene rings is 1. The zero-order valence-electron chi connectivity index (χ0n) is 12.0. The number of ether oxygens (including phenoxy) is 1. The molecule has 4 heteroatoms. The Kier molecular flexibility index (Phi) is 3.92. The van der Waals surface area contributed by atoms with E-state index in [1.165, 1.54) is 0 Å². The lowest BCUT2D eigenvalue weighted by Gasteiger charge is -2.29. The molecule has 2 heterocycles. The molecule has 2 aliphatic heterocycles. The number of hydrogen-bond acceptors (Lipinski definition) is 3. The molecule has 3 rings (SSSR count). The molecular weight excluding hydrogens is 252 g/mol. The number of carbonyl (C=O) groups excluding carboxylic acids is 1. The van der Waals surface area contributed by atoms with Crippen molar-refractivity contribution in [2.24, 2.45) is 0 Å². The fraction of sp³-hybridized carbons (Fsp3) is 0.562. The van der Waals surface area contributed by atoms with Crippen LogP contribution in [0.15, 0.2) is 24.3 Å². The van der Waals surface area contributed by atoms with Crippen molar-refractivity contribution in [2.75, 3.05) is 20.1 Å². The van der Waals surface area contributed by atoms with E-state index in [1.54, 1.807) is 0 Å². The van der Waals surface area contributed by atoms with Gasteiger partial charge >= 0.3 is 0 Å². The Labute approximate surface area is 120 Å².